The molecule has 0 fully saturated rings. The summed E-state index contributed by atoms with van der Waals surface area (Å²) in [4.78, 5) is 0. The maximum atomic E-state index is 8.30. The second-order valence-electron chi connectivity index (χ2n) is 1.12. The second kappa shape index (κ2) is 5.24. The highest BCUT2D eigenvalue weighted by atomic mass is 16.3. The van der Waals surface area contributed by atoms with Gasteiger partial charge in [0.1, 0.15) is 5.69 Å². The molecule has 0 saturated heterocycles. The van der Waals surface area contributed by atoms with Crippen LogP contribution in [0.25, 0.3) is 0 Å². The van der Waals surface area contributed by atoms with Gasteiger partial charge in [0.2, 0.25) is 0 Å². The van der Waals surface area contributed by atoms with Crippen molar-refractivity contribution in [3.8, 4) is 0 Å². The molecule has 52 valence electrons. The van der Waals surface area contributed by atoms with Gasteiger partial charge in [0, 0.05) is 0 Å². The molecule has 0 aliphatic heterocycles. The topological polar surface area (TPSA) is 61.8 Å². The van der Waals surface area contributed by atoms with E-state index < -0.39 is 0 Å². The van der Waals surface area contributed by atoms with E-state index in [2.05, 4.69) is 15.4 Å². The predicted molar refractivity (Wildman–Crippen MR) is 33.7 cm³/mol. The lowest BCUT2D eigenvalue weighted by atomic mass is 10.5. The van der Waals surface area contributed by atoms with Crippen molar-refractivity contribution in [2.45, 2.75) is 20.5 Å². The number of nitrogens with one attached hydrogen (secondary N) is 1. The van der Waals surface area contributed by atoms with Crippen molar-refractivity contribution in [2.24, 2.45) is 0 Å². The van der Waals surface area contributed by atoms with Crippen molar-refractivity contribution in [1.82, 2.24) is 15.4 Å². The predicted octanol–water partition coefficient (Wildman–Crippen LogP) is 0.323. The third-order valence-corrected chi connectivity index (χ3v) is 0.627. The van der Waals surface area contributed by atoms with E-state index >= 15 is 0 Å². The summed E-state index contributed by atoms with van der Waals surface area (Å²) < 4.78 is 0. The molecule has 0 atom stereocenters. The van der Waals surface area contributed by atoms with Crippen LogP contribution in [0.5, 0.6) is 0 Å². The Bertz CT molecular complexity index is 127. The molecule has 1 heterocycles. The molecule has 0 aliphatic rings. The first-order chi connectivity index (χ1) is 4.43. The van der Waals surface area contributed by atoms with Crippen LogP contribution in [-0.4, -0.2) is 20.5 Å². The number of aromatic amines is 1. The Morgan fingerprint density at radius 1 is 1.67 bits per heavy atom. The summed E-state index contributed by atoms with van der Waals surface area (Å²) in [7, 11) is 0. The molecule has 0 bridgehead atoms. The van der Waals surface area contributed by atoms with E-state index in [1.807, 2.05) is 13.8 Å². The zero-order valence-corrected chi connectivity index (χ0v) is 5.63. The average Bonchev–Trinajstić information content (AvgIpc) is 2.43. The maximum Gasteiger partial charge on any atom is 0.108 e. The lowest BCUT2D eigenvalue weighted by molar-refractivity contribution is 0.276. The molecule has 0 aliphatic carbocycles. The summed E-state index contributed by atoms with van der Waals surface area (Å²) in [5, 5.41) is 17.7. The lowest BCUT2D eigenvalue weighted by Gasteiger charge is -1.75. The molecule has 0 saturated carbocycles. The van der Waals surface area contributed by atoms with Gasteiger partial charge in [-0.3, -0.25) is 0 Å². The average molecular weight is 129 g/mol. The van der Waals surface area contributed by atoms with Crippen molar-refractivity contribution in [3.63, 3.8) is 0 Å². The molecule has 4 nitrogen and oxygen atoms in total. The van der Waals surface area contributed by atoms with Gasteiger partial charge < -0.3 is 5.11 Å². The summed E-state index contributed by atoms with van der Waals surface area (Å²) in [5.74, 6) is 0. The minimum atomic E-state index is -0.0451. The van der Waals surface area contributed by atoms with E-state index in [0.29, 0.717) is 5.69 Å². The van der Waals surface area contributed by atoms with Gasteiger partial charge in [0.05, 0.1) is 12.8 Å². The van der Waals surface area contributed by atoms with Crippen LogP contribution >= 0.6 is 0 Å². The zero-order chi connectivity index (χ0) is 7.11. The molecule has 0 aromatic carbocycles. The number of aliphatic hydroxyl groups excluding tert-OH is 1. The third kappa shape index (κ3) is 2.81. The first-order valence-electron chi connectivity index (χ1n) is 2.89. The number of aromatic nitrogens is 3. The van der Waals surface area contributed by atoms with E-state index in [9.17, 15) is 0 Å². The van der Waals surface area contributed by atoms with Crippen LogP contribution < -0.4 is 0 Å². The molecule has 4 heteroatoms. The first kappa shape index (κ1) is 8.10. The second-order valence-corrected chi connectivity index (χ2v) is 1.12. The van der Waals surface area contributed by atoms with Crippen LogP contribution in [0.3, 0.4) is 0 Å². The highest BCUT2D eigenvalue weighted by molar-refractivity contribution is 4.85. The number of H-pyrrole nitrogens is 1. The van der Waals surface area contributed by atoms with Crippen molar-refractivity contribution < 1.29 is 5.11 Å². The van der Waals surface area contributed by atoms with Gasteiger partial charge in [-0.2, -0.15) is 15.4 Å². The van der Waals surface area contributed by atoms with E-state index in [4.69, 9.17) is 5.11 Å². The molecule has 1 aromatic heterocycles. The van der Waals surface area contributed by atoms with E-state index in [-0.39, 0.29) is 6.61 Å². The van der Waals surface area contributed by atoms with Gasteiger partial charge in [-0.25, -0.2) is 0 Å². The van der Waals surface area contributed by atoms with Gasteiger partial charge in [-0.1, -0.05) is 13.8 Å². The van der Waals surface area contributed by atoms with Crippen LogP contribution in [-0.2, 0) is 6.61 Å². The highest BCUT2D eigenvalue weighted by Gasteiger charge is 1.86. The van der Waals surface area contributed by atoms with E-state index in [0.717, 1.165) is 0 Å². The standard InChI is InChI=1S/C3H5N3O.C2H6/c7-2-3-1-4-6-5-3;1-2/h1,7H,2H2,(H,4,5,6);1-2H3. The van der Waals surface area contributed by atoms with Gasteiger partial charge in [0.15, 0.2) is 0 Å². The third-order valence-electron chi connectivity index (χ3n) is 0.627. The van der Waals surface area contributed by atoms with Crippen molar-refractivity contribution in [2.75, 3.05) is 0 Å². The summed E-state index contributed by atoms with van der Waals surface area (Å²) in [6, 6.07) is 0. The monoisotopic (exact) mass is 129 g/mol. The molecule has 0 spiro atoms. The fourth-order valence-corrected chi connectivity index (χ4v) is 0.302. The molecule has 9 heavy (non-hydrogen) atoms. The van der Waals surface area contributed by atoms with Crippen LogP contribution in [0.1, 0.15) is 19.5 Å². The quantitative estimate of drug-likeness (QED) is 0.574. The maximum absolute atomic E-state index is 8.30. The first-order valence-corrected chi connectivity index (χ1v) is 2.89. The van der Waals surface area contributed by atoms with Gasteiger partial charge in [0.25, 0.3) is 0 Å². The zero-order valence-electron chi connectivity index (χ0n) is 5.63. The van der Waals surface area contributed by atoms with E-state index in [1.165, 1.54) is 6.20 Å². The van der Waals surface area contributed by atoms with Crippen LogP contribution in [0.15, 0.2) is 6.20 Å². The molecular weight excluding hydrogens is 118 g/mol. The fraction of sp³-hybridized carbons (Fsp3) is 0.600. The molecule has 1 rings (SSSR count). The van der Waals surface area contributed by atoms with Crippen LogP contribution in [0.4, 0.5) is 0 Å². The number of rotatable bonds is 1. The minimum Gasteiger partial charge on any atom is -0.390 e. The van der Waals surface area contributed by atoms with Crippen molar-refractivity contribution in [1.29, 1.82) is 0 Å². The molecule has 0 amide bonds. The summed E-state index contributed by atoms with van der Waals surface area (Å²) in [5.41, 5.74) is 0.569. The molecule has 1 aromatic rings. The highest BCUT2D eigenvalue weighted by Crippen LogP contribution is 1.83. The van der Waals surface area contributed by atoms with Crippen molar-refractivity contribution >= 4 is 0 Å². The van der Waals surface area contributed by atoms with Gasteiger partial charge in [-0.15, -0.1) is 0 Å². The molecular formula is C5H11N3O. The SMILES string of the molecule is CC.OCc1cn[nH]n1. The smallest absolute Gasteiger partial charge is 0.108 e. The summed E-state index contributed by atoms with van der Waals surface area (Å²) in [6.45, 7) is 3.95. The Morgan fingerprint density at radius 3 is 2.56 bits per heavy atom. The largest absolute Gasteiger partial charge is 0.390 e. The van der Waals surface area contributed by atoms with Gasteiger partial charge >= 0.3 is 0 Å². The Balaban J connectivity index is 0.000000291. The Kier molecular flexibility index (Phi) is 4.72. The van der Waals surface area contributed by atoms with E-state index in [1.54, 1.807) is 0 Å². The minimum absolute atomic E-state index is 0.0451. The number of aliphatic hydroxyl groups is 1. The molecule has 2 N–H and O–H groups in total. The van der Waals surface area contributed by atoms with Crippen LogP contribution in [0, 0.1) is 0 Å². The Hall–Kier alpha value is -0.900. The summed E-state index contributed by atoms with van der Waals surface area (Å²) >= 11 is 0. The Labute approximate surface area is 53.9 Å². The molecule has 0 unspecified atom stereocenters. The molecule has 0 radical (unpaired) electrons. The Morgan fingerprint density at radius 2 is 2.33 bits per heavy atom. The summed E-state index contributed by atoms with van der Waals surface area (Å²) in [6.07, 6.45) is 1.47. The fourth-order valence-electron chi connectivity index (χ4n) is 0.302. The van der Waals surface area contributed by atoms with Crippen molar-refractivity contribution in [3.05, 3.63) is 11.9 Å². The number of hydrogen-bond donors (Lipinski definition) is 2. The number of nitrogens with zero attached hydrogens (tertiary/aromatic N) is 2. The number of hydrogen-bond acceptors (Lipinski definition) is 3. The van der Waals surface area contributed by atoms with Crippen LogP contribution in [0.2, 0.25) is 0 Å². The normalized spacial score (nSPS) is 7.89. The van der Waals surface area contributed by atoms with Gasteiger partial charge in [-0.05, 0) is 0 Å². The lowest BCUT2D eigenvalue weighted by Crippen LogP contribution is -1.79.